The molecule has 17 heavy (non-hydrogen) atoms. The summed E-state index contributed by atoms with van der Waals surface area (Å²) in [6, 6.07) is 6.77. The lowest BCUT2D eigenvalue weighted by Gasteiger charge is -2.21. The van der Waals surface area contributed by atoms with Gasteiger partial charge in [-0.1, -0.05) is 32.0 Å². The smallest absolute Gasteiger partial charge is 0.275 e. The minimum absolute atomic E-state index is 0.101. The van der Waals surface area contributed by atoms with E-state index in [1.54, 1.807) is 12.1 Å². The van der Waals surface area contributed by atoms with Gasteiger partial charge in [0.1, 0.15) is 0 Å². The van der Waals surface area contributed by atoms with Crippen LogP contribution < -0.4 is 5.73 Å². The van der Waals surface area contributed by atoms with E-state index in [1.165, 1.54) is 19.9 Å². The Hall–Kier alpha value is -0.960. The van der Waals surface area contributed by atoms with Gasteiger partial charge >= 0.3 is 0 Å². The Balaban J connectivity index is 2.86. The van der Waals surface area contributed by atoms with Crippen molar-refractivity contribution in [2.45, 2.75) is 45.6 Å². The molecule has 0 bridgehead atoms. The predicted molar refractivity (Wildman–Crippen MR) is 67.1 cm³/mol. The van der Waals surface area contributed by atoms with E-state index in [2.05, 4.69) is 0 Å². The lowest BCUT2D eigenvalue weighted by atomic mass is 9.95. The molecule has 1 unspecified atom stereocenters. The van der Waals surface area contributed by atoms with E-state index in [0.717, 1.165) is 18.4 Å². The van der Waals surface area contributed by atoms with Crippen LogP contribution in [0.15, 0.2) is 24.3 Å². The van der Waals surface area contributed by atoms with Gasteiger partial charge < -0.3 is 5.73 Å². The van der Waals surface area contributed by atoms with Crippen LogP contribution in [0.3, 0.4) is 0 Å². The third kappa shape index (κ3) is 3.77. The SMILES string of the molecule is CC(N)CCc1cccc(C(F)(F)C(C)C)c1. The second-order valence-corrected chi connectivity index (χ2v) is 4.99. The number of nitrogens with two attached hydrogens (primary N) is 1. The fraction of sp³-hybridized carbons (Fsp3) is 0.571. The zero-order chi connectivity index (χ0) is 13.1. The molecule has 0 amide bonds. The zero-order valence-corrected chi connectivity index (χ0v) is 10.7. The van der Waals surface area contributed by atoms with Crippen molar-refractivity contribution in [3.05, 3.63) is 35.4 Å². The summed E-state index contributed by atoms with van der Waals surface area (Å²) in [6.07, 6.45) is 1.57. The second-order valence-electron chi connectivity index (χ2n) is 4.99. The molecule has 1 rings (SSSR count). The number of aryl methyl sites for hydroxylation is 1. The van der Waals surface area contributed by atoms with Gasteiger partial charge in [0.05, 0.1) is 0 Å². The molecule has 2 N–H and O–H groups in total. The lowest BCUT2D eigenvalue weighted by molar-refractivity contribution is -0.0514. The molecule has 0 aromatic heterocycles. The number of benzene rings is 1. The first-order valence-electron chi connectivity index (χ1n) is 6.07. The third-order valence-electron chi connectivity index (χ3n) is 2.93. The summed E-state index contributed by atoms with van der Waals surface area (Å²) in [5.41, 5.74) is 6.70. The van der Waals surface area contributed by atoms with Crippen LogP contribution in [0, 0.1) is 5.92 Å². The topological polar surface area (TPSA) is 26.0 Å². The Morgan fingerprint density at radius 1 is 1.24 bits per heavy atom. The highest BCUT2D eigenvalue weighted by molar-refractivity contribution is 5.27. The molecule has 1 aromatic rings. The number of hydrogen-bond donors (Lipinski definition) is 1. The molecule has 0 heterocycles. The molecular formula is C14H21F2N. The van der Waals surface area contributed by atoms with Gasteiger partial charge in [0, 0.05) is 17.5 Å². The Morgan fingerprint density at radius 2 is 1.88 bits per heavy atom. The van der Waals surface area contributed by atoms with Crippen LogP contribution in [0.4, 0.5) is 8.78 Å². The largest absolute Gasteiger partial charge is 0.328 e. The molecule has 0 aliphatic rings. The van der Waals surface area contributed by atoms with Crippen molar-refractivity contribution in [3.63, 3.8) is 0 Å². The van der Waals surface area contributed by atoms with Crippen LogP contribution in [-0.2, 0) is 12.3 Å². The van der Waals surface area contributed by atoms with E-state index in [0.29, 0.717) is 0 Å². The van der Waals surface area contributed by atoms with Gasteiger partial charge in [0.25, 0.3) is 5.92 Å². The molecule has 1 aromatic carbocycles. The van der Waals surface area contributed by atoms with Gasteiger partial charge in [-0.3, -0.25) is 0 Å². The van der Waals surface area contributed by atoms with Gasteiger partial charge in [-0.05, 0) is 31.4 Å². The van der Waals surface area contributed by atoms with Crippen molar-refractivity contribution in [2.75, 3.05) is 0 Å². The van der Waals surface area contributed by atoms with Gasteiger partial charge in [0.2, 0.25) is 0 Å². The number of halogens is 2. The molecule has 0 aliphatic heterocycles. The van der Waals surface area contributed by atoms with Gasteiger partial charge in [-0.15, -0.1) is 0 Å². The van der Waals surface area contributed by atoms with E-state index in [9.17, 15) is 8.78 Å². The molecule has 0 saturated heterocycles. The average molecular weight is 241 g/mol. The molecule has 0 saturated carbocycles. The minimum atomic E-state index is -2.76. The monoisotopic (exact) mass is 241 g/mol. The highest BCUT2D eigenvalue weighted by atomic mass is 19.3. The summed E-state index contributed by atoms with van der Waals surface area (Å²) in [5, 5.41) is 0. The molecular weight excluding hydrogens is 220 g/mol. The first-order chi connectivity index (χ1) is 7.84. The standard InChI is InChI=1S/C14H21F2N/c1-10(2)14(15,16)13-6-4-5-12(9-13)8-7-11(3)17/h4-6,9-11H,7-8,17H2,1-3H3. The van der Waals surface area contributed by atoms with Crippen molar-refractivity contribution in [2.24, 2.45) is 11.7 Å². The van der Waals surface area contributed by atoms with E-state index in [1.807, 2.05) is 13.0 Å². The van der Waals surface area contributed by atoms with E-state index >= 15 is 0 Å². The maximum atomic E-state index is 13.8. The summed E-state index contributed by atoms with van der Waals surface area (Å²) in [6.45, 7) is 5.00. The normalized spacial score (nSPS) is 14.1. The molecule has 0 radical (unpaired) electrons. The first-order valence-corrected chi connectivity index (χ1v) is 6.07. The van der Waals surface area contributed by atoms with Crippen LogP contribution in [-0.4, -0.2) is 6.04 Å². The third-order valence-corrected chi connectivity index (χ3v) is 2.93. The molecule has 1 nitrogen and oxygen atoms in total. The number of rotatable bonds is 5. The summed E-state index contributed by atoms with van der Waals surface area (Å²) >= 11 is 0. The van der Waals surface area contributed by atoms with Gasteiger partial charge in [-0.25, -0.2) is 8.78 Å². The Kier molecular flexibility index (Phi) is 4.63. The molecule has 1 atom stereocenters. The van der Waals surface area contributed by atoms with Crippen molar-refractivity contribution in [1.82, 2.24) is 0 Å². The van der Waals surface area contributed by atoms with Crippen molar-refractivity contribution in [3.8, 4) is 0 Å². The second kappa shape index (κ2) is 5.58. The van der Waals surface area contributed by atoms with Crippen LogP contribution in [0.25, 0.3) is 0 Å². The quantitative estimate of drug-likeness (QED) is 0.835. The Labute approximate surface area is 102 Å². The van der Waals surface area contributed by atoms with Crippen molar-refractivity contribution >= 4 is 0 Å². The van der Waals surface area contributed by atoms with E-state index in [4.69, 9.17) is 5.73 Å². The molecule has 0 fully saturated rings. The van der Waals surface area contributed by atoms with Gasteiger partial charge in [0.15, 0.2) is 0 Å². The highest BCUT2D eigenvalue weighted by Gasteiger charge is 2.35. The van der Waals surface area contributed by atoms with Crippen molar-refractivity contribution < 1.29 is 8.78 Å². The molecule has 3 heteroatoms. The summed E-state index contributed by atoms with van der Waals surface area (Å²) < 4.78 is 27.7. The zero-order valence-electron chi connectivity index (χ0n) is 10.7. The van der Waals surface area contributed by atoms with Crippen LogP contribution >= 0.6 is 0 Å². The summed E-state index contributed by atoms with van der Waals surface area (Å²) in [5.74, 6) is -3.45. The van der Waals surface area contributed by atoms with Gasteiger partial charge in [-0.2, -0.15) is 0 Å². The number of alkyl halides is 2. The average Bonchev–Trinajstić information content (AvgIpc) is 2.26. The van der Waals surface area contributed by atoms with E-state index < -0.39 is 11.8 Å². The highest BCUT2D eigenvalue weighted by Crippen LogP contribution is 2.35. The Bertz CT molecular complexity index is 359. The predicted octanol–water partition coefficient (Wildman–Crippen LogP) is 3.71. The van der Waals surface area contributed by atoms with Crippen LogP contribution in [0.5, 0.6) is 0 Å². The molecule has 0 spiro atoms. The maximum absolute atomic E-state index is 13.8. The van der Waals surface area contributed by atoms with Crippen LogP contribution in [0.1, 0.15) is 38.3 Å². The van der Waals surface area contributed by atoms with Crippen molar-refractivity contribution in [1.29, 1.82) is 0 Å². The Morgan fingerprint density at radius 3 is 2.41 bits per heavy atom. The lowest BCUT2D eigenvalue weighted by Crippen LogP contribution is -2.21. The fourth-order valence-corrected chi connectivity index (χ4v) is 1.66. The minimum Gasteiger partial charge on any atom is -0.328 e. The number of hydrogen-bond acceptors (Lipinski definition) is 1. The van der Waals surface area contributed by atoms with E-state index in [-0.39, 0.29) is 11.6 Å². The molecule has 0 aliphatic carbocycles. The maximum Gasteiger partial charge on any atom is 0.275 e. The fourth-order valence-electron chi connectivity index (χ4n) is 1.66. The summed E-state index contributed by atoms with van der Waals surface area (Å²) in [7, 11) is 0. The molecule has 96 valence electrons. The summed E-state index contributed by atoms with van der Waals surface area (Å²) in [4.78, 5) is 0. The van der Waals surface area contributed by atoms with Crippen LogP contribution in [0.2, 0.25) is 0 Å². The first kappa shape index (κ1) is 14.1.